The second-order valence-electron chi connectivity index (χ2n) is 5.09. The largest absolute Gasteiger partial charge is 0.477 e. The highest BCUT2D eigenvalue weighted by Gasteiger charge is 2.20. The molecule has 18 heavy (non-hydrogen) atoms. The van der Waals surface area contributed by atoms with Gasteiger partial charge in [0.2, 0.25) is 0 Å². The van der Waals surface area contributed by atoms with Crippen LogP contribution in [0.2, 0.25) is 0 Å². The molecule has 0 amide bonds. The third-order valence-electron chi connectivity index (χ3n) is 3.95. The summed E-state index contributed by atoms with van der Waals surface area (Å²) in [5, 5.41) is 14.4. The molecule has 2 rings (SSSR count). The van der Waals surface area contributed by atoms with Gasteiger partial charge in [0.15, 0.2) is 0 Å². The number of rotatable bonds is 5. The molecule has 0 atom stereocenters. The van der Waals surface area contributed by atoms with Crippen LogP contribution in [0.3, 0.4) is 0 Å². The van der Waals surface area contributed by atoms with Gasteiger partial charge in [0, 0.05) is 12.6 Å². The maximum atomic E-state index is 11.0. The number of carbonyl (C=O) groups is 1. The van der Waals surface area contributed by atoms with Gasteiger partial charge in [-0.2, -0.15) is 0 Å². The number of nitrogens with one attached hydrogen (secondary N) is 1. The highest BCUT2D eigenvalue weighted by Crippen LogP contribution is 2.27. The lowest BCUT2D eigenvalue weighted by Gasteiger charge is -2.28. The van der Waals surface area contributed by atoms with Crippen molar-refractivity contribution in [2.75, 3.05) is 0 Å². The number of hydrogen-bond acceptors (Lipinski definition) is 3. The molecule has 1 aliphatic rings. The Morgan fingerprint density at radius 1 is 1.44 bits per heavy atom. The van der Waals surface area contributed by atoms with E-state index in [9.17, 15) is 4.79 Å². The zero-order valence-electron chi connectivity index (χ0n) is 10.8. The van der Waals surface area contributed by atoms with Gasteiger partial charge in [-0.3, -0.25) is 0 Å². The van der Waals surface area contributed by atoms with Crippen LogP contribution in [0.1, 0.15) is 54.3 Å². The van der Waals surface area contributed by atoms with E-state index in [1.165, 1.54) is 43.4 Å². The van der Waals surface area contributed by atoms with Gasteiger partial charge in [-0.15, -0.1) is 11.3 Å². The number of thiophene rings is 1. The van der Waals surface area contributed by atoms with E-state index in [-0.39, 0.29) is 0 Å². The minimum absolute atomic E-state index is 0.477. The van der Waals surface area contributed by atoms with Crippen LogP contribution >= 0.6 is 11.3 Å². The third kappa shape index (κ3) is 3.33. The molecule has 0 unspecified atom stereocenters. The van der Waals surface area contributed by atoms with Gasteiger partial charge in [-0.1, -0.05) is 13.3 Å². The van der Waals surface area contributed by atoms with Gasteiger partial charge in [0.1, 0.15) is 4.88 Å². The number of carboxylic acid groups (broad SMARTS) is 1. The Bertz CT molecular complexity index is 394. The Hall–Kier alpha value is -0.870. The number of carboxylic acids is 1. The predicted molar refractivity (Wildman–Crippen MR) is 74.2 cm³/mol. The van der Waals surface area contributed by atoms with Crippen molar-refractivity contribution >= 4 is 17.3 Å². The van der Waals surface area contributed by atoms with Crippen LogP contribution in [-0.4, -0.2) is 17.1 Å². The topological polar surface area (TPSA) is 49.3 Å². The average Bonchev–Trinajstić information content (AvgIpc) is 2.85. The van der Waals surface area contributed by atoms with E-state index >= 15 is 0 Å². The molecule has 0 bridgehead atoms. The van der Waals surface area contributed by atoms with E-state index in [0.29, 0.717) is 17.5 Å². The molecule has 1 aromatic rings. The Morgan fingerprint density at radius 3 is 2.78 bits per heavy atom. The Balaban J connectivity index is 1.81. The molecule has 100 valence electrons. The maximum absolute atomic E-state index is 11.0. The van der Waals surface area contributed by atoms with Crippen molar-refractivity contribution in [3.63, 3.8) is 0 Å². The summed E-state index contributed by atoms with van der Waals surface area (Å²) >= 11 is 1.31. The maximum Gasteiger partial charge on any atom is 0.346 e. The first-order valence-corrected chi connectivity index (χ1v) is 7.61. The van der Waals surface area contributed by atoms with Crippen LogP contribution in [0.4, 0.5) is 0 Å². The zero-order chi connectivity index (χ0) is 13.0. The molecule has 1 fully saturated rings. The summed E-state index contributed by atoms with van der Waals surface area (Å²) in [6.45, 7) is 2.95. The quantitative estimate of drug-likeness (QED) is 0.858. The summed E-state index contributed by atoms with van der Waals surface area (Å²) in [6, 6.07) is 2.48. The summed E-state index contributed by atoms with van der Waals surface area (Å²) in [6.07, 6.45) is 6.36. The summed E-state index contributed by atoms with van der Waals surface area (Å²) < 4.78 is 0. The molecule has 3 nitrogen and oxygen atoms in total. The first kappa shape index (κ1) is 13.6. The van der Waals surface area contributed by atoms with Crippen LogP contribution in [0, 0.1) is 5.92 Å². The van der Waals surface area contributed by atoms with Crippen molar-refractivity contribution in [3.8, 4) is 0 Å². The SMILES string of the molecule is CCC1CCC(NCc2ccsc2C(=O)O)CC1. The van der Waals surface area contributed by atoms with Crippen molar-refractivity contribution in [1.82, 2.24) is 5.32 Å². The van der Waals surface area contributed by atoms with Crippen molar-refractivity contribution in [1.29, 1.82) is 0 Å². The van der Waals surface area contributed by atoms with Crippen LogP contribution in [0.5, 0.6) is 0 Å². The molecule has 0 radical (unpaired) electrons. The monoisotopic (exact) mass is 267 g/mol. The smallest absolute Gasteiger partial charge is 0.346 e. The lowest BCUT2D eigenvalue weighted by Crippen LogP contribution is -2.32. The van der Waals surface area contributed by atoms with Crippen molar-refractivity contribution in [2.24, 2.45) is 5.92 Å². The standard InChI is InChI=1S/C14H21NO2S/c1-2-10-3-5-12(6-4-10)15-9-11-7-8-18-13(11)14(16)17/h7-8,10,12,15H,2-6,9H2,1H3,(H,16,17). The molecule has 0 aliphatic heterocycles. The van der Waals surface area contributed by atoms with Crippen LogP contribution in [0.15, 0.2) is 11.4 Å². The number of aromatic carboxylic acids is 1. The van der Waals surface area contributed by atoms with Crippen molar-refractivity contribution < 1.29 is 9.90 Å². The lowest BCUT2D eigenvalue weighted by atomic mass is 9.84. The van der Waals surface area contributed by atoms with Gasteiger partial charge < -0.3 is 10.4 Å². The fourth-order valence-corrected chi connectivity index (χ4v) is 3.45. The summed E-state index contributed by atoms with van der Waals surface area (Å²) in [5.74, 6) is 0.0928. The van der Waals surface area contributed by atoms with Gasteiger partial charge >= 0.3 is 5.97 Å². The molecular weight excluding hydrogens is 246 g/mol. The zero-order valence-corrected chi connectivity index (χ0v) is 11.6. The second-order valence-corrected chi connectivity index (χ2v) is 6.00. The lowest BCUT2D eigenvalue weighted by molar-refractivity contribution is 0.0701. The molecule has 0 spiro atoms. The summed E-state index contributed by atoms with van der Waals surface area (Å²) in [7, 11) is 0. The van der Waals surface area contributed by atoms with E-state index < -0.39 is 5.97 Å². The Labute approximate surface area is 112 Å². The molecule has 1 saturated carbocycles. The highest BCUT2D eigenvalue weighted by molar-refractivity contribution is 7.12. The van der Waals surface area contributed by atoms with Crippen LogP contribution < -0.4 is 5.32 Å². The Kier molecular flexibility index (Phi) is 4.78. The molecule has 4 heteroatoms. The third-order valence-corrected chi connectivity index (χ3v) is 4.89. The molecule has 1 aliphatic carbocycles. The number of hydrogen-bond donors (Lipinski definition) is 2. The predicted octanol–water partition coefficient (Wildman–Crippen LogP) is 3.50. The summed E-state index contributed by atoms with van der Waals surface area (Å²) in [5.41, 5.74) is 0.921. The second kappa shape index (κ2) is 6.34. The van der Waals surface area contributed by atoms with Gasteiger partial charge in [0.05, 0.1) is 0 Å². The molecule has 2 N–H and O–H groups in total. The fraction of sp³-hybridized carbons (Fsp3) is 0.643. The molecule has 0 aromatic carbocycles. The van der Waals surface area contributed by atoms with Crippen molar-refractivity contribution in [3.05, 3.63) is 21.9 Å². The first-order valence-electron chi connectivity index (χ1n) is 6.73. The average molecular weight is 267 g/mol. The van der Waals surface area contributed by atoms with E-state index in [4.69, 9.17) is 5.11 Å². The molecule has 1 heterocycles. The highest BCUT2D eigenvalue weighted by atomic mass is 32.1. The van der Waals surface area contributed by atoms with E-state index in [1.54, 1.807) is 0 Å². The van der Waals surface area contributed by atoms with Crippen molar-refractivity contribution in [2.45, 2.75) is 51.6 Å². The molecule has 1 aromatic heterocycles. The normalized spacial score (nSPS) is 24.1. The van der Waals surface area contributed by atoms with Gasteiger partial charge in [-0.05, 0) is 48.6 Å². The van der Waals surface area contributed by atoms with Crippen LogP contribution in [-0.2, 0) is 6.54 Å². The van der Waals surface area contributed by atoms with E-state index in [1.807, 2.05) is 11.4 Å². The molecular formula is C14H21NO2S. The minimum Gasteiger partial charge on any atom is -0.477 e. The summed E-state index contributed by atoms with van der Waals surface area (Å²) in [4.78, 5) is 11.5. The van der Waals surface area contributed by atoms with Crippen LogP contribution in [0.25, 0.3) is 0 Å². The first-order chi connectivity index (χ1) is 8.70. The van der Waals surface area contributed by atoms with E-state index in [2.05, 4.69) is 12.2 Å². The molecule has 0 saturated heterocycles. The fourth-order valence-electron chi connectivity index (χ4n) is 2.69. The van der Waals surface area contributed by atoms with Gasteiger partial charge in [0.25, 0.3) is 0 Å². The Morgan fingerprint density at radius 2 is 2.17 bits per heavy atom. The minimum atomic E-state index is -0.809. The van der Waals surface area contributed by atoms with Gasteiger partial charge in [-0.25, -0.2) is 4.79 Å². The van der Waals surface area contributed by atoms with E-state index in [0.717, 1.165) is 11.5 Å².